The van der Waals surface area contributed by atoms with E-state index >= 15 is 0 Å². The Morgan fingerprint density at radius 2 is 2.11 bits per heavy atom. The van der Waals surface area contributed by atoms with Crippen molar-refractivity contribution in [2.75, 3.05) is 6.54 Å². The van der Waals surface area contributed by atoms with Gasteiger partial charge >= 0.3 is 0 Å². The minimum absolute atomic E-state index is 0.406. The fraction of sp³-hybridized carbons (Fsp3) is 0.375. The molecule has 0 aliphatic carbocycles. The lowest BCUT2D eigenvalue weighted by Gasteiger charge is -2.16. The highest BCUT2D eigenvalue weighted by atomic mass is 35.5. The second kappa shape index (κ2) is 7.09. The number of hydrogen-bond acceptors (Lipinski definition) is 2. The number of thiophene rings is 1. The van der Waals surface area contributed by atoms with Crippen LogP contribution in [0, 0.1) is 6.92 Å². The van der Waals surface area contributed by atoms with E-state index in [0.717, 1.165) is 23.7 Å². The number of aryl methyl sites for hydroxylation is 2. The lowest BCUT2D eigenvalue weighted by atomic mass is 10.0. The predicted molar refractivity (Wildman–Crippen MR) is 85.2 cm³/mol. The summed E-state index contributed by atoms with van der Waals surface area (Å²) in [5, 5.41) is 3.55. The van der Waals surface area contributed by atoms with Crippen LogP contribution in [0.4, 0.5) is 0 Å². The Labute approximate surface area is 124 Å². The maximum absolute atomic E-state index is 6.03. The van der Waals surface area contributed by atoms with Crippen molar-refractivity contribution >= 4 is 22.9 Å². The smallest absolute Gasteiger partial charge is 0.0931 e. The first-order chi connectivity index (χ1) is 9.19. The molecule has 0 amide bonds. The van der Waals surface area contributed by atoms with Crippen LogP contribution < -0.4 is 5.32 Å². The number of nitrogens with one attached hydrogen (secondary N) is 1. The second-order valence-corrected chi connectivity index (χ2v) is 6.53. The monoisotopic (exact) mass is 293 g/mol. The van der Waals surface area contributed by atoms with E-state index in [2.05, 4.69) is 49.5 Å². The molecule has 0 spiro atoms. The summed E-state index contributed by atoms with van der Waals surface area (Å²) < 4.78 is 0.869. The Morgan fingerprint density at radius 1 is 1.26 bits per heavy atom. The number of hydrogen-bond donors (Lipinski definition) is 1. The fourth-order valence-corrected chi connectivity index (χ4v) is 3.46. The van der Waals surface area contributed by atoms with Crippen molar-refractivity contribution in [3.8, 4) is 0 Å². The van der Waals surface area contributed by atoms with Gasteiger partial charge in [-0.15, -0.1) is 11.3 Å². The molecular formula is C16H20ClNS. The Bertz CT molecular complexity index is 521. The van der Waals surface area contributed by atoms with Crippen LogP contribution in [0.1, 0.15) is 35.4 Å². The van der Waals surface area contributed by atoms with Crippen LogP contribution in [-0.4, -0.2) is 6.54 Å². The van der Waals surface area contributed by atoms with E-state index in [1.165, 1.54) is 16.0 Å². The highest BCUT2D eigenvalue weighted by Gasteiger charge is 2.12. The van der Waals surface area contributed by atoms with E-state index in [0.29, 0.717) is 6.04 Å². The number of halogens is 1. The highest BCUT2D eigenvalue weighted by Crippen LogP contribution is 2.29. The summed E-state index contributed by atoms with van der Waals surface area (Å²) in [6.45, 7) is 5.27. The average molecular weight is 294 g/mol. The molecule has 1 aromatic heterocycles. The zero-order valence-corrected chi connectivity index (χ0v) is 13.0. The van der Waals surface area contributed by atoms with E-state index in [1.807, 2.05) is 6.07 Å². The first-order valence-electron chi connectivity index (χ1n) is 6.73. The molecule has 102 valence electrons. The molecule has 1 atom stereocenters. The third-order valence-corrected chi connectivity index (χ3v) is 4.54. The van der Waals surface area contributed by atoms with Gasteiger partial charge in [0.25, 0.3) is 0 Å². The van der Waals surface area contributed by atoms with E-state index in [-0.39, 0.29) is 0 Å². The lowest BCUT2D eigenvalue weighted by Crippen LogP contribution is -2.20. The highest BCUT2D eigenvalue weighted by molar-refractivity contribution is 7.16. The Balaban J connectivity index is 2.01. The molecule has 1 unspecified atom stereocenters. The molecule has 2 aromatic rings. The van der Waals surface area contributed by atoms with Gasteiger partial charge in [0.2, 0.25) is 0 Å². The van der Waals surface area contributed by atoms with Crippen molar-refractivity contribution in [2.45, 2.75) is 32.7 Å². The molecule has 19 heavy (non-hydrogen) atoms. The van der Waals surface area contributed by atoms with Crippen LogP contribution in [0.3, 0.4) is 0 Å². The predicted octanol–water partition coefficient (Wildman–Crippen LogP) is 4.99. The molecule has 0 aliphatic rings. The summed E-state index contributed by atoms with van der Waals surface area (Å²) >= 11 is 7.71. The SMILES string of the molecule is CCNC(CCc1cccc(C)c1)c1ccc(Cl)s1. The van der Waals surface area contributed by atoms with Crippen molar-refractivity contribution in [1.82, 2.24) is 5.32 Å². The molecule has 1 heterocycles. The molecule has 0 saturated carbocycles. The third kappa shape index (κ3) is 4.34. The van der Waals surface area contributed by atoms with Crippen molar-refractivity contribution in [2.24, 2.45) is 0 Å². The number of benzene rings is 1. The summed E-state index contributed by atoms with van der Waals surface area (Å²) in [5.41, 5.74) is 2.74. The van der Waals surface area contributed by atoms with Crippen molar-refractivity contribution < 1.29 is 0 Å². The molecule has 0 fully saturated rings. The van der Waals surface area contributed by atoms with Crippen LogP contribution in [0.5, 0.6) is 0 Å². The number of rotatable bonds is 6. The summed E-state index contributed by atoms with van der Waals surface area (Å²) in [6.07, 6.45) is 2.20. The summed E-state index contributed by atoms with van der Waals surface area (Å²) in [5.74, 6) is 0. The molecule has 3 heteroatoms. The zero-order chi connectivity index (χ0) is 13.7. The van der Waals surface area contributed by atoms with Gasteiger partial charge in [0.1, 0.15) is 0 Å². The second-order valence-electron chi connectivity index (χ2n) is 4.78. The third-order valence-electron chi connectivity index (χ3n) is 3.19. The van der Waals surface area contributed by atoms with Crippen molar-refractivity contribution in [1.29, 1.82) is 0 Å². The van der Waals surface area contributed by atoms with Crippen LogP contribution in [-0.2, 0) is 6.42 Å². The Kier molecular flexibility index (Phi) is 5.44. The fourth-order valence-electron chi connectivity index (χ4n) is 2.29. The van der Waals surface area contributed by atoms with Gasteiger partial charge in [0.15, 0.2) is 0 Å². The maximum Gasteiger partial charge on any atom is 0.0931 e. The van der Waals surface area contributed by atoms with Gasteiger partial charge in [-0.25, -0.2) is 0 Å². The summed E-state index contributed by atoms with van der Waals surface area (Å²) in [7, 11) is 0. The van der Waals surface area contributed by atoms with E-state index in [1.54, 1.807) is 11.3 Å². The van der Waals surface area contributed by atoms with Gasteiger partial charge in [0.05, 0.1) is 4.34 Å². The minimum atomic E-state index is 0.406. The quantitative estimate of drug-likeness (QED) is 0.791. The van der Waals surface area contributed by atoms with Crippen LogP contribution in [0.25, 0.3) is 0 Å². The van der Waals surface area contributed by atoms with Gasteiger partial charge in [-0.3, -0.25) is 0 Å². The molecule has 0 saturated heterocycles. The summed E-state index contributed by atoms with van der Waals surface area (Å²) in [6, 6.07) is 13.3. The molecule has 1 N–H and O–H groups in total. The molecule has 0 radical (unpaired) electrons. The van der Waals surface area contributed by atoms with Gasteiger partial charge in [-0.05, 0) is 44.0 Å². The van der Waals surface area contributed by atoms with Crippen LogP contribution >= 0.6 is 22.9 Å². The Hall–Kier alpha value is -0.830. The maximum atomic E-state index is 6.03. The average Bonchev–Trinajstić information content (AvgIpc) is 2.81. The van der Waals surface area contributed by atoms with Gasteiger partial charge in [-0.2, -0.15) is 0 Å². The zero-order valence-electron chi connectivity index (χ0n) is 11.4. The molecule has 0 aliphatic heterocycles. The van der Waals surface area contributed by atoms with E-state index < -0.39 is 0 Å². The Morgan fingerprint density at radius 3 is 2.74 bits per heavy atom. The first-order valence-corrected chi connectivity index (χ1v) is 7.92. The van der Waals surface area contributed by atoms with Crippen LogP contribution in [0.15, 0.2) is 36.4 Å². The summed E-state index contributed by atoms with van der Waals surface area (Å²) in [4.78, 5) is 1.33. The minimum Gasteiger partial charge on any atom is -0.310 e. The van der Waals surface area contributed by atoms with Gasteiger partial charge in [-0.1, -0.05) is 48.4 Å². The molecule has 1 aromatic carbocycles. The first kappa shape index (κ1) is 14.6. The molecule has 0 bridgehead atoms. The topological polar surface area (TPSA) is 12.0 Å². The largest absolute Gasteiger partial charge is 0.310 e. The van der Waals surface area contributed by atoms with Crippen molar-refractivity contribution in [3.63, 3.8) is 0 Å². The standard InChI is InChI=1S/C16H20ClNS/c1-3-18-14(15-9-10-16(17)19-15)8-7-13-6-4-5-12(2)11-13/h4-6,9-11,14,18H,3,7-8H2,1-2H3. The van der Waals surface area contributed by atoms with Gasteiger partial charge < -0.3 is 5.32 Å². The van der Waals surface area contributed by atoms with Crippen molar-refractivity contribution in [3.05, 3.63) is 56.7 Å². The molecular weight excluding hydrogens is 274 g/mol. The van der Waals surface area contributed by atoms with Gasteiger partial charge in [0, 0.05) is 10.9 Å². The molecule has 2 rings (SSSR count). The van der Waals surface area contributed by atoms with Crippen LogP contribution in [0.2, 0.25) is 4.34 Å². The van der Waals surface area contributed by atoms with E-state index in [4.69, 9.17) is 11.6 Å². The lowest BCUT2D eigenvalue weighted by molar-refractivity contribution is 0.523. The normalized spacial score (nSPS) is 12.6. The molecule has 1 nitrogen and oxygen atoms in total. The van der Waals surface area contributed by atoms with E-state index in [9.17, 15) is 0 Å².